The number of rotatable bonds is 6. The van der Waals surface area contributed by atoms with Gasteiger partial charge in [0.25, 0.3) is 0 Å². The van der Waals surface area contributed by atoms with Crippen LogP contribution in [0.4, 0.5) is 5.82 Å². The number of anilines is 1. The monoisotopic (exact) mass is 364 g/mol. The second kappa shape index (κ2) is 7.75. The Balaban J connectivity index is 1.42. The zero-order valence-corrected chi connectivity index (χ0v) is 15.4. The van der Waals surface area contributed by atoms with Gasteiger partial charge in [-0.1, -0.05) is 30.3 Å². The van der Waals surface area contributed by atoms with Gasteiger partial charge in [-0.15, -0.1) is 0 Å². The van der Waals surface area contributed by atoms with Gasteiger partial charge in [-0.2, -0.15) is 10.2 Å². The maximum Gasteiger partial charge on any atom is 0.230 e. The molecule has 27 heavy (non-hydrogen) atoms. The molecule has 1 fully saturated rings. The van der Waals surface area contributed by atoms with E-state index in [4.69, 9.17) is 0 Å². The molecule has 4 rings (SSSR count). The Morgan fingerprint density at radius 2 is 2.07 bits per heavy atom. The van der Waals surface area contributed by atoms with Gasteiger partial charge in [0.1, 0.15) is 5.82 Å². The fraction of sp³-hybridized carbons (Fsp3) is 0.350. The number of nitrogens with one attached hydrogen (secondary N) is 2. The molecule has 7 nitrogen and oxygen atoms in total. The molecule has 1 saturated heterocycles. The number of carbonyl (C=O) groups excluding carboxylic acids is 1. The van der Waals surface area contributed by atoms with Crippen LogP contribution < -0.4 is 10.6 Å². The molecule has 2 N–H and O–H groups in total. The Labute approximate surface area is 158 Å². The molecule has 0 radical (unpaired) electrons. The van der Waals surface area contributed by atoms with Crippen molar-refractivity contribution in [2.45, 2.75) is 18.9 Å². The zero-order valence-electron chi connectivity index (χ0n) is 15.4. The number of amides is 1. The summed E-state index contributed by atoms with van der Waals surface area (Å²) in [5.74, 6) is 0.786. The average molecular weight is 364 g/mol. The number of hydrogen-bond donors (Lipinski definition) is 2. The van der Waals surface area contributed by atoms with Gasteiger partial charge >= 0.3 is 0 Å². The SMILES string of the molecule is Cn1cc([C@H]2CNC[C@@H]2C(=O)Nc2ccnn2CCc2ccccc2)cn1. The molecule has 7 heteroatoms. The Kier molecular flexibility index (Phi) is 5.02. The number of aromatic nitrogens is 4. The van der Waals surface area contributed by atoms with Crippen molar-refractivity contribution >= 4 is 11.7 Å². The van der Waals surface area contributed by atoms with E-state index in [0.717, 1.165) is 30.9 Å². The number of aryl methyl sites for hydroxylation is 3. The molecule has 1 aliphatic rings. The van der Waals surface area contributed by atoms with Gasteiger partial charge in [0.15, 0.2) is 0 Å². The first-order chi connectivity index (χ1) is 13.2. The number of carbonyl (C=O) groups is 1. The van der Waals surface area contributed by atoms with Gasteiger partial charge in [-0.3, -0.25) is 9.48 Å². The first kappa shape index (κ1) is 17.5. The molecule has 3 heterocycles. The van der Waals surface area contributed by atoms with E-state index >= 15 is 0 Å². The van der Waals surface area contributed by atoms with Crippen LogP contribution in [0.25, 0.3) is 0 Å². The fourth-order valence-electron chi connectivity index (χ4n) is 3.65. The predicted octanol–water partition coefficient (Wildman–Crippen LogP) is 1.80. The van der Waals surface area contributed by atoms with Gasteiger partial charge in [-0.05, 0) is 17.5 Å². The molecule has 0 bridgehead atoms. The lowest BCUT2D eigenvalue weighted by atomic mass is 9.90. The van der Waals surface area contributed by atoms with Gasteiger partial charge in [0.05, 0.1) is 18.3 Å². The van der Waals surface area contributed by atoms with Crippen LogP contribution >= 0.6 is 0 Å². The van der Waals surface area contributed by atoms with Crippen LogP contribution in [0.3, 0.4) is 0 Å². The molecule has 0 spiro atoms. The van der Waals surface area contributed by atoms with E-state index in [1.54, 1.807) is 10.9 Å². The van der Waals surface area contributed by atoms with E-state index in [1.807, 2.05) is 48.4 Å². The van der Waals surface area contributed by atoms with E-state index < -0.39 is 0 Å². The van der Waals surface area contributed by atoms with Crippen molar-refractivity contribution in [3.63, 3.8) is 0 Å². The van der Waals surface area contributed by atoms with Crippen LogP contribution in [0.2, 0.25) is 0 Å². The summed E-state index contributed by atoms with van der Waals surface area (Å²) in [7, 11) is 1.90. The number of hydrogen-bond acceptors (Lipinski definition) is 4. The summed E-state index contributed by atoms with van der Waals surface area (Å²) in [5.41, 5.74) is 2.35. The third-order valence-electron chi connectivity index (χ3n) is 5.13. The van der Waals surface area contributed by atoms with Gasteiger partial charge in [0, 0.05) is 44.9 Å². The molecule has 1 amide bonds. The van der Waals surface area contributed by atoms with E-state index in [9.17, 15) is 4.79 Å². The molecular formula is C20H24N6O. The highest BCUT2D eigenvalue weighted by molar-refractivity contribution is 5.92. The maximum absolute atomic E-state index is 12.9. The molecule has 1 aromatic carbocycles. The van der Waals surface area contributed by atoms with Crippen LogP contribution in [0, 0.1) is 5.92 Å². The van der Waals surface area contributed by atoms with Crippen LogP contribution in [0.5, 0.6) is 0 Å². The summed E-state index contributed by atoms with van der Waals surface area (Å²) in [6.45, 7) is 2.18. The van der Waals surface area contributed by atoms with Crippen molar-refractivity contribution in [2.75, 3.05) is 18.4 Å². The van der Waals surface area contributed by atoms with Gasteiger partial charge in [0.2, 0.25) is 5.91 Å². The highest BCUT2D eigenvalue weighted by atomic mass is 16.2. The van der Waals surface area contributed by atoms with Crippen LogP contribution in [-0.4, -0.2) is 38.6 Å². The van der Waals surface area contributed by atoms with Crippen molar-refractivity contribution in [1.82, 2.24) is 24.9 Å². The van der Waals surface area contributed by atoms with Crippen molar-refractivity contribution in [3.8, 4) is 0 Å². The minimum absolute atomic E-state index is 0.0234. The first-order valence-corrected chi connectivity index (χ1v) is 9.26. The molecule has 0 unspecified atom stereocenters. The van der Waals surface area contributed by atoms with Crippen LogP contribution in [0.1, 0.15) is 17.0 Å². The highest BCUT2D eigenvalue weighted by Crippen LogP contribution is 2.28. The van der Waals surface area contributed by atoms with E-state index in [-0.39, 0.29) is 17.7 Å². The van der Waals surface area contributed by atoms with Crippen LogP contribution in [-0.2, 0) is 24.8 Å². The lowest BCUT2D eigenvalue weighted by Crippen LogP contribution is -2.29. The molecule has 0 saturated carbocycles. The van der Waals surface area contributed by atoms with Gasteiger partial charge < -0.3 is 10.6 Å². The molecule has 0 aliphatic carbocycles. The Morgan fingerprint density at radius 3 is 2.85 bits per heavy atom. The summed E-state index contributed by atoms with van der Waals surface area (Å²) in [6.07, 6.45) is 6.44. The normalized spacial score (nSPS) is 19.3. The van der Waals surface area contributed by atoms with Crippen molar-refractivity contribution in [3.05, 3.63) is 66.1 Å². The molecule has 140 valence electrons. The second-order valence-electron chi connectivity index (χ2n) is 6.98. The molecule has 1 aliphatic heterocycles. The lowest BCUT2D eigenvalue weighted by Gasteiger charge is -2.17. The summed E-state index contributed by atoms with van der Waals surface area (Å²) in [4.78, 5) is 12.9. The third-order valence-corrected chi connectivity index (χ3v) is 5.13. The molecule has 3 aromatic rings. The smallest absolute Gasteiger partial charge is 0.230 e. The summed E-state index contributed by atoms with van der Waals surface area (Å²) in [5, 5.41) is 15.0. The quantitative estimate of drug-likeness (QED) is 0.699. The lowest BCUT2D eigenvalue weighted by molar-refractivity contribution is -0.119. The first-order valence-electron chi connectivity index (χ1n) is 9.26. The number of nitrogens with zero attached hydrogens (tertiary/aromatic N) is 4. The minimum atomic E-state index is -0.119. The largest absolute Gasteiger partial charge is 0.315 e. The highest BCUT2D eigenvalue weighted by Gasteiger charge is 2.35. The van der Waals surface area contributed by atoms with Gasteiger partial charge in [-0.25, -0.2) is 4.68 Å². The molecule has 2 aromatic heterocycles. The average Bonchev–Trinajstić information content (AvgIpc) is 3.41. The molecule has 2 atom stereocenters. The van der Waals surface area contributed by atoms with E-state index in [2.05, 4.69) is 33.0 Å². The van der Waals surface area contributed by atoms with Crippen molar-refractivity contribution in [2.24, 2.45) is 13.0 Å². The second-order valence-corrected chi connectivity index (χ2v) is 6.98. The third kappa shape index (κ3) is 3.93. The minimum Gasteiger partial charge on any atom is -0.315 e. The van der Waals surface area contributed by atoms with E-state index in [1.165, 1.54) is 5.56 Å². The van der Waals surface area contributed by atoms with Crippen molar-refractivity contribution < 1.29 is 4.79 Å². The van der Waals surface area contributed by atoms with E-state index in [0.29, 0.717) is 6.54 Å². The summed E-state index contributed by atoms with van der Waals surface area (Å²) in [6, 6.07) is 12.1. The predicted molar refractivity (Wildman–Crippen MR) is 103 cm³/mol. The van der Waals surface area contributed by atoms with Crippen LogP contribution in [0.15, 0.2) is 55.0 Å². The summed E-state index contributed by atoms with van der Waals surface area (Å²) < 4.78 is 3.63. The summed E-state index contributed by atoms with van der Waals surface area (Å²) >= 11 is 0. The fourth-order valence-corrected chi connectivity index (χ4v) is 3.65. The Hall–Kier alpha value is -2.93. The maximum atomic E-state index is 12.9. The Morgan fingerprint density at radius 1 is 1.22 bits per heavy atom. The number of benzene rings is 1. The Bertz CT molecular complexity index is 900. The topological polar surface area (TPSA) is 76.8 Å². The standard InChI is InChI=1S/C20H24N6O/c1-25-14-16(11-23-25)17-12-21-13-18(17)20(27)24-19-7-9-22-26(19)10-8-15-5-3-2-4-6-15/h2-7,9,11,14,17-18,21H,8,10,12-13H2,1H3,(H,24,27)/t17-,18+/m1/s1. The zero-order chi connectivity index (χ0) is 18.6. The molecular weight excluding hydrogens is 340 g/mol. The van der Waals surface area contributed by atoms with Crippen molar-refractivity contribution in [1.29, 1.82) is 0 Å².